The van der Waals surface area contributed by atoms with Crippen LogP contribution < -0.4 is 9.64 Å². The number of halogens is 1. The first kappa shape index (κ1) is 19.4. The predicted octanol–water partition coefficient (Wildman–Crippen LogP) is 4.57. The van der Waals surface area contributed by atoms with Gasteiger partial charge in [-0.2, -0.15) is 0 Å². The Morgan fingerprint density at radius 1 is 1.23 bits per heavy atom. The molecule has 1 aromatic heterocycles. The van der Waals surface area contributed by atoms with Crippen molar-refractivity contribution in [2.75, 3.05) is 25.0 Å². The van der Waals surface area contributed by atoms with Crippen LogP contribution in [-0.4, -0.2) is 42.2 Å². The molecule has 0 aliphatic carbocycles. The van der Waals surface area contributed by atoms with E-state index in [1.165, 1.54) is 9.13 Å². The van der Waals surface area contributed by atoms with Crippen LogP contribution in [0.15, 0.2) is 42.6 Å². The first-order valence-corrected chi connectivity index (χ1v) is 10.4. The van der Waals surface area contributed by atoms with Gasteiger partial charge in [-0.3, -0.25) is 4.90 Å². The summed E-state index contributed by atoms with van der Waals surface area (Å²) in [5.41, 5.74) is 1.40. The number of hydrogen-bond acceptors (Lipinski definition) is 4. The maximum absolute atomic E-state index is 5.95. The molecule has 0 saturated carbocycles. The molecule has 1 aromatic carbocycles. The smallest absolute Gasteiger partial charge is 0.171 e. The van der Waals surface area contributed by atoms with Crippen molar-refractivity contribution in [1.82, 2.24) is 9.88 Å². The molecule has 0 atom stereocenters. The lowest BCUT2D eigenvalue weighted by Crippen LogP contribution is -2.43. The van der Waals surface area contributed by atoms with E-state index in [0.29, 0.717) is 6.04 Å². The highest BCUT2D eigenvalue weighted by atomic mass is 127. The van der Waals surface area contributed by atoms with E-state index in [4.69, 9.17) is 4.74 Å². The van der Waals surface area contributed by atoms with Crippen LogP contribution in [-0.2, 0) is 6.54 Å². The summed E-state index contributed by atoms with van der Waals surface area (Å²) in [6.07, 6.45) is 4.31. The lowest BCUT2D eigenvalue weighted by atomic mass is 10.0. The molecule has 1 fully saturated rings. The van der Waals surface area contributed by atoms with Crippen LogP contribution in [0.1, 0.15) is 32.3 Å². The van der Waals surface area contributed by atoms with Crippen LogP contribution in [0.25, 0.3) is 0 Å². The van der Waals surface area contributed by atoms with Crippen molar-refractivity contribution < 1.29 is 4.74 Å². The Bertz CT molecular complexity index is 714. The van der Waals surface area contributed by atoms with Gasteiger partial charge in [-0.15, -0.1) is 0 Å². The van der Waals surface area contributed by atoms with E-state index in [2.05, 4.69) is 82.5 Å². The molecule has 2 heterocycles. The van der Waals surface area contributed by atoms with Crippen molar-refractivity contribution in [3.8, 4) is 5.75 Å². The number of ether oxygens (including phenoxy) is 1. The highest BCUT2D eigenvalue weighted by molar-refractivity contribution is 14.1. The molecule has 1 aliphatic heterocycles. The van der Waals surface area contributed by atoms with Crippen LogP contribution in [0.4, 0.5) is 5.82 Å². The molecule has 0 bridgehead atoms. The Morgan fingerprint density at radius 3 is 2.69 bits per heavy atom. The standard InChI is InChI=1S/C21H28IN3O/c1-16(2)26-20-8-5-11-23-21(20)24(3)19-9-12-25(13-10-19)15-17-6-4-7-18(22)14-17/h4-8,11,14,16,19H,9-10,12-13,15H2,1-3H3. The highest BCUT2D eigenvalue weighted by Crippen LogP contribution is 2.29. The van der Waals surface area contributed by atoms with E-state index in [1.54, 1.807) is 0 Å². The summed E-state index contributed by atoms with van der Waals surface area (Å²) in [4.78, 5) is 9.45. The number of aromatic nitrogens is 1. The summed E-state index contributed by atoms with van der Waals surface area (Å²) < 4.78 is 7.26. The third-order valence-electron chi connectivity index (χ3n) is 4.85. The molecule has 5 heteroatoms. The normalized spacial score (nSPS) is 16.0. The molecule has 0 radical (unpaired) electrons. The minimum Gasteiger partial charge on any atom is -0.487 e. The molecule has 2 aromatic rings. The highest BCUT2D eigenvalue weighted by Gasteiger charge is 2.25. The number of piperidine rings is 1. The van der Waals surface area contributed by atoms with Crippen LogP contribution in [0.2, 0.25) is 0 Å². The SMILES string of the molecule is CC(C)Oc1cccnc1N(C)C1CCN(Cc2cccc(I)c2)CC1. The van der Waals surface area contributed by atoms with Gasteiger partial charge in [0.2, 0.25) is 0 Å². The van der Waals surface area contributed by atoms with E-state index < -0.39 is 0 Å². The number of likely N-dealkylation sites (tertiary alicyclic amines) is 1. The monoisotopic (exact) mass is 465 g/mol. The summed E-state index contributed by atoms with van der Waals surface area (Å²) in [6.45, 7) is 7.39. The number of rotatable bonds is 6. The second-order valence-corrected chi connectivity index (χ2v) is 8.49. The molecule has 0 unspecified atom stereocenters. The third-order valence-corrected chi connectivity index (χ3v) is 5.52. The Balaban J connectivity index is 1.59. The van der Waals surface area contributed by atoms with Gasteiger partial charge in [-0.05, 0) is 79.1 Å². The quantitative estimate of drug-likeness (QED) is 0.585. The summed E-state index contributed by atoms with van der Waals surface area (Å²) in [7, 11) is 2.15. The molecular formula is C21H28IN3O. The fourth-order valence-corrected chi connectivity index (χ4v) is 4.13. The van der Waals surface area contributed by atoms with Crippen molar-refractivity contribution >= 4 is 28.4 Å². The molecule has 140 valence electrons. The molecule has 1 saturated heterocycles. The van der Waals surface area contributed by atoms with Gasteiger partial charge in [-0.25, -0.2) is 4.98 Å². The summed E-state index contributed by atoms with van der Waals surface area (Å²) in [5.74, 6) is 1.84. The van der Waals surface area contributed by atoms with Crippen molar-refractivity contribution in [2.45, 2.75) is 45.4 Å². The van der Waals surface area contributed by atoms with Crippen LogP contribution in [0.5, 0.6) is 5.75 Å². The first-order chi connectivity index (χ1) is 12.5. The van der Waals surface area contributed by atoms with Crippen molar-refractivity contribution in [1.29, 1.82) is 0 Å². The van der Waals surface area contributed by atoms with Gasteiger partial charge in [0.05, 0.1) is 6.10 Å². The average molecular weight is 465 g/mol. The number of nitrogens with zero attached hydrogens (tertiary/aromatic N) is 3. The second kappa shape index (κ2) is 9.04. The lowest BCUT2D eigenvalue weighted by molar-refractivity contribution is 0.201. The van der Waals surface area contributed by atoms with E-state index in [9.17, 15) is 0 Å². The first-order valence-electron chi connectivity index (χ1n) is 9.34. The van der Waals surface area contributed by atoms with E-state index in [0.717, 1.165) is 44.0 Å². The predicted molar refractivity (Wildman–Crippen MR) is 116 cm³/mol. The minimum absolute atomic E-state index is 0.155. The van der Waals surface area contributed by atoms with Crippen LogP contribution >= 0.6 is 22.6 Å². The molecule has 0 N–H and O–H groups in total. The Hall–Kier alpha value is -1.34. The molecule has 0 amide bonds. The van der Waals surface area contributed by atoms with Crippen LogP contribution in [0, 0.1) is 3.57 Å². The molecule has 0 spiro atoms. The fourth-order valence-electron chi connectivity index (χ4n) is 3.52. The maximum atomic E-state index is 5.95. The Kier molecular flexibility index (Phi) is 6.75. The zero-order valence-electron chi connectivity index (χ0n) is 15.9. The largest absolute Gasteiger partial charge is 0.487 e. The van der Waals surface area contributed by atoms with Crippen LogP contribution in [0.3, 0.4) is 0 Å². The zero-order chi connectivity index (χ0) is 18.5. The van der Waals surface area contributed by atoms with Crippen molar-refractivity contribution in [2.24, 2.45) is 0 Å². The lowest BCUT2D eigenvalue weighted by Gasteiger charge is -2.37. The molecular weight excluding hydrogens is 437 g/mol. The van der Waals surface area contributed by atoms with Gasteiger partial charge in [0.25, 0.3) is 0 Å². The summed E-state index contributed by atoms with van der Waals surface area (Å²) >= 11 is 2.39. The van der Waals surface area contributed by atoms with Gasteiger partial charge >= 0.3 is 0 Å². The Morgan fingerprint density at radius 2 is 2.00 bits per heavy atom. The van der Waals surface area contributed by atoms with Crippen molar-refractivity contribution in [3.63, 3.8) is 0 Å². The third kappa shape index (κ3) is 5.10. The van der Waals surface area contributed by atoms with Gasteiger partial charge in [0.1, 0.15) is 0 Å². The number of benzene rings is 1. The molecule has 4 nitrogen and oxygen atoms in total. The van der Waals surface area contributed by atoms with E-state index in [-0.39, 0.29) is 6.10 Å². The second-order valence-electron chi connectivity index (χ2n) is 7.24. The fraction of sp³-hybridized carbons (Fsp3) is 0.476. The molecule has 3 rings (SSSR count). The van der Waals surface area contributed by atoms with E-state index >= 15 is 0 Å². The minimum atomic E-state index is 0.155. The van der Waals surface area contributed by atoms with Crippen molar-refractivity contribution in [3.05, 3.63) is 51.7 Å². The van der Waals surface area contributed by atoms with E-state index in [1.807, 2.05) is 18.3 Å². The molecule has 1 aliphatic rings. The summed E-state index contributed by atoms with van der Waals surface area (Å²) in [5, 5.41) is 0. The zero-order valence-corrected chi connectivity index (χ0v) is 18.0. The van der Waals surface area contributed by atoms with Gasteiger partial charge in [-0.1, -0.05) is 12.1 Å². The summed E-state index contributed by atoms with van der Waals surface area (Å²) in [6, 6.07) is 13.3. The van der Waals surface area contributed by atoms with Gasteiger partial charge in [0, 0.05) is 42.5 Å². The number of pyridine rings is 1. The van der Waals surface area contributed by atoms with Gasteiger partial charge < -0.3 is 9.64 Å². The Labute approximate surface area is 170 Å². The topological polar surface area (TPSA) is 28.6 Å². The maximum Gasteiger partial charge on any atom is 0.171 e. The van der Waals surface area contributed by atoms with Gasteiger partial charge in [0.15, 0.2) is 11.6 Å². The molecule has 26 heavy (non-hydrogen) atoms. The number of anilines is 1. The average Bonchev–Trinajstić information content (AvgIpc) is 2.62. The number of hydrogen-bond donors (Lipinski definition) is 0.